The highest BCUT2D eigenvalue weighted by molar-refractivity contribution is 6.45. The standard InChI is InChI=1S/C25H24Cl2N4O3/c1-5-10-30-23(32)21(22(25(30)34)29-11-9-14(3)15(4)13-29)20-19(6-2)28-31(24(20)33)16-7-8-17(26)18(27)12-16/h7-9,11-13H,5-6,10H2,1-4H3. The fourth-order valence-corrected chi connectivity index (χ4v) is 4.30. The van der Waals surface area contributed by atoms with Crippen molar-refractivity contribution in [3.05, 3.63) is 69.1 Å². The molecule has 0 saturated heterocycles. The minimum Gasteiger partial charge on any atom is -0.858 e. The maximum Gasteiger partial charge on any atom is 0.326 e. The van der Waals surface area contributed by atoms with Crippen LogP contribution in [0.1, 0.15) is 42.7 Å². The van der Waals surface area contributed by atoms with E-state index in [1.807, 2.05) is 33.8 Å². The first kappa shape index (κ1) is 24.0. The number of nitrogens with zero attached hydrogens (tertiary/aromatic N) is 4. The number of carbonyl (C=O) groups is 2. The normalized spacial score (nSPS) is 14.0. The van der Waals surface area contributed by atoms with Crippen LogP contribution >= 0.6 is 23.2 Å². The third-order valence-electron chi connectivity index (χ3n) is 5.94. The second-order valence-electron chi connectivity index (χ2n) is 8.19. The van der Waals surface area contributed by atoms with Gasteiger partial charge >= 0.3 is 5.91 Å². The fourth-order valence-electron chi connectivity index (χ4n) is 4.01. The molecule has 3 heterocycles. The van der Waals surface area contributed by atoms with E-state index in [4.69, 9.17) is 23.2 Å². The van der Waals surface area contributed by atoms with Gasteiger partial charge in [0.2, 0.25) is 0 Å². The monoisotopic (exact) mass is 498 g/mol. The third-order valence-corrected chi connectivity index (χ3v) is 6.68. The van der Waals surface area contributed by atoms with Crippen LogP contribution in [-0.2, 0) is 16.0 Å². The van der Waals surface area contributed by atoms with Gasteiger partial charge in [-0.3, -0.25) is 14.5 Å². The van der Waals surface area contributed by atoms with Gasteiger partial charge in [0, 0.05) is 23.7 Å². The minimum absolute atomic E-state index is 0.0693. The molecule has 1 aliphatic heterocycles. The Morgan fingerprint density at radius 3 is 2.38 bits per heavy atom. The van der Waals surface area contributed by atoms with Gasteiger partial charge in [-0.05, 0) is 56.3 Å². The quantitative estimate of drug-likeness (QED) is 0.381. The van der Waals surface area contributed by atoms with E-state index in [2.05, 4.69) is 5.10 Å². The molecule has 0 radical (unpaired) electrons. The van der Waals surface area contributed by atoms with Crippen LogP contribution in [0.2, 0.25) is 10.0 Å². The summed E-state index contributed by atoms with van der Waals surface area (Å²) in [6, 6.07) is 6.62. The van der Waals surface area contributed by atoms with Crippen molar-refractivity contribution in [2.24, 2.45) is 0 Å². The molecule has 0 fully saturated rings. The molecule has 0 N–H and O–H groups in total. The van der Waals surface area contributed by atoms with E-state index in [9.17, 15) is 14.7 Å². The van der Waals surface area contributed by atoms with Crippen molar-refractivity contribution in [3.63, 3.8) is 0 Å². The Kier molecular flexibility index (Phi) is 6.51. The molecule has 0 saturated carbocycles. The van der Waals surface area contributed by atoms with Crippen LogP contribution < -0.4 is 9.67 Å². The van der Waals surface area contributed by atoms with E-state index in [1.165, 1.54) is 9.58 Å². The Hall–Kier alpha value is -3.16. The van der Waals surface area contributed by atoms with Crippen LogP contribution in [0.3, 0.4) is 0 Å². The summed E-state index contributed by atoms with van der Waals surface area (Å²) in [4.78, 5) is 28.1. The molecule has 2 aromatic heterocycles. The topological polar surface area (TPSA) is 82.1 Å². The van der Waals surface area contributed by atoms with Crippen molar-refractivity contribution in [1.82, 2.24) is 14.7 Å². The lowest BCUT2D eigenvalue weighted by molar-refractivity contribution is -0.577. The maximum atomic E-state index is 13.6. The largest absolute Gasteiger partial charge is 0.858 e. The van der Waals surface area contributed by atoms with Gasteiger partial charge in [0.05, 0.1) is 21.4 Å². The number of halogens is 2. The van der Waals surface area contributed by atoms with Gasteiger partial charge in [-0.1, -0.05) is 37.0 Å². The molecule has 0 spiro atoms. The molecule has 7 nitrogen and oxygen atoms in total. The molecule has 0 atom stereocenters. The first-order valence-corrected chi connectivity index (χ1v) is 11.8. The third kappa shape index (κ3) is 3.89. The molecular weight excluding hydrogens is 475 g/mol. The highest BCUT2D eigenvalue weighted by Gasteiger charge is 2.46. The van der Waals surface area contributed by atoms with Crippen LogP contribution in [-0.4, -0.2) is 33.0 Å². The maximum absolute atomic E-state index is 13.6. The zero-order valence-electron chi connectivity index (χ0n) is 19.4. The summed E-state index contributed by atoms with van der Waals surface area (Å²) in [5.41, 5.74) is 3.20. The summed E-state index contributed by atoms with van der Waals surface area (Å²) in [7, 11) is 0. The molecule has 0 aliphatic carbocycles. The molecule has 1 aromatic carbocycles. The number of rotatable bonds is 6. The predicted molar refractivity (Wildman–Crippen MR) is 129 cm³/mol. The zero-order chi connectivity index (χ0) is 24.7. The van der Waals surface area contributed by atoms with Gasteiger partial charge in [0.1, 0.15) is 5.57 Å². The van der Waals surface area contributed by atoms with Crippen molar-refractivity contribution in [1.29, 1.82) is 0 Å². The molecular formula is C25H24Cl2N4O3. The van der Waals surface area contributed by atoms with Crippen molar-refractivity contribution in [2.75, 3.05) is 6.54 Å². The molecule has 4 rings (SSSR count). The first-order valence-electron chi connectivity index (χ1n) is 11.0. The Morgan fingerprint density at radius 1 is 1.03 bits per heavy atom. The van der Waals surface area contributed by atoms with Gasteiger partial charge in [-0.25, -0.2) is 4.68 Å². The SMILES string of the molecule is CCCN1C(=O)C(c2c(CC)nn(-c3ccc(Cl)c(Cl)c3)c2[O-])=C([n+]2ccc(C)c(C)c2)C1=O. The number of aromatic nitrogens is 3. The van der Waals surface area contributed by atoms with Crippen LogP contribution in [0.15, 0.2) is 36.7 Å². The number of aryl methyl sites for hydroxylation is 3. The van der Waals surface area contributed by atoms with Crippen LogP contribution in [0, 0.1) is 13.8 Å². The van der Waals surface area contributed by atoms with Crippen molar-refractivity contribution < 1.29 is 19.3 Å². The first-order chi connectivity index (χ1) is 16.2. The van der Waals surface area contributed by atoms with E-state index in [0.717, 1.165) is 11.1 Å². The van der Waals surface area contributed by atoms with Gasteiger partial charge in [-0.2, -0.15) is 9.67 Å². The molecule has 3 aromatic rings. The van der Waals surface area contributed by atoms with Crippen LogP contribution in [0.5, 0.6) is 5.88 Å². The van der Waals surface area contributed by atoms with E-state index >= 15 is 0 Å². The van der Waals surface area contributed by atoms with E-state index < -0.39 is 17.7 Å². The van der Waals surface area contributed by atoms with Gasteiger partial charge < -0.3 is 5.11 Å². The van der Waals surface area contributed by atoms with Gasteiger partial charge in [0.15, 0.2) is 12.4 Å². The van der Waals surface area contributed by atoms with Gasteiger partial charge in [0.25, 0.3) is 11.6 Å². The summed E-state index contributed by atoms with van der Waals surface area (Å²) < 4.78 is 2.83. The fraction of sp³-hybridized carbons (Fsp3) is 0.280. The highest BCUT2D eigenvalue weighted by Crippen LogP contribution is 2.37. The molecule has 1 aliphatic rings. The average Bonchev–Trinajstić information content (AvgIpc) is 3.26. The molecule has 9 heteroatoms. The summed E-state index contributed by atoms with van der Waals surface area (Å²) >= 11 is 12.2. The zero-order valence-corrected chi connectivity index (χ0v) is 20.9. The number of hydrogen-bond acceptors (Lipinski definition) is 4. The van der Waals surface area contributed by atoms with Crippen molar-refractivity contribution >= 4 is 46.3 Å². The predicted octanol–water partition coefficient (Wildman–Crippen LogP) is 3.87. The molecule has 176 valence electrons. The van der Waals surface area contributed by atoms with E-state index in [-0.39, 0.29) is 28.4 Å². The Morgan fingerprint density at radius 2 is 1.76 bits per heavy atom. The second kappa shape index (κ2) is 9.24. The van der Waals surface area contributed by atoms with Crippen LogP contribution in [0.25, 0.3) is 17.0 Å². The molecule has 2 amide bonds. The Labute approximate surface area is 207 Å². The molecule has 0 unspecified atom stereocenters. The lowest BCUT2D eigenvalue weighted by atomic mass is 10.0. The van der Waals surface area contributed by atoms with Crippen molar-refractivity contribution in [3.8, 4) is 11.6 Å². The lowest BCUT2D eigenvalue weighted by Gasteiger charge is -2.15. The van der Waals surface area contributed by atoms with Gasteiger partial charge in [-0.15, -0.1) is 0 Å². The number of pyridine rings is 1. The second-order valence-corrected chi connectivity index (χ2v) is 9.01. The number of carbonyl (C=O) groups excluding carboxylic acids is 2. The number of benzene rings is 1. The number of hydrogen-bond donors (Lipinski definition) is 0. The number of amides is 2. The number of imide groups is 1. The Bertz CT molecular complexity index is 1360. The highest BCUT2D eigenvalue weighted by atomic mass is 35.5. The lowest BCUT2D eigenvalue weighted by Crippen LogP contribution is -2.40. The summed E-state index contributed by atoms with van der Waals surface area (Å²) in [6.45, 7) is 7.88. The summed E-state index contributed by atoms with van der Waals surface area (Å²) in [6.07, 6.45) is 4.52. The molecule has 0 bridgehead atoms. The van der Waals surface area contributed by atoms with Crippen LogP contribution in [0.4, 0.5) is 0 Å². The minimum atomic E-state index is -0.494. The average molecular weight is 499 g/mol. The van der Waals surface area contributed by atoms with Crippen molar-refractivity contribution in [2.45, 2.75) is 40.5 Å². The van der Waals surface area contributed by atoms with E-state index in [1.54, 1.807) is 35.2 Å². The molecule has 34 heavy (non-hydrogen) atoms. The summed E-state index contributed by atoms with van der Waals surface area (Å²) in [5.74, 6) is -1.42. The smallest absolute Gasteiger partial charge is 0.326 e. The summed E-state index contributed by atoms with van der Waals surface area (Å²) in [5, 5.41) is 18.8. The Balaban J connectivity index is 2.00. The van der Waals surface area contributed by atoms with E-state index in [0.29, 0.717) is 29.2 Å².